The predicted molar refractivity (Wildman–Crippen MR) is 85.4 cm³/mol. The van der Waals surface area contributed by atoms with Crippen molar-refractivity contribution in [3.63, 3.8) is 0 Å². The van der Waals surface area contributed by atoms with E-state index in [1.165, 1.54) is 23.1 Å². The SMILES string of the molecule is CCN(Cc1c(F)cccc1F)C(=O)CC(N)c1ccccc1. The third-order valence-corrected chi connectivity index (χ3v) is 3.77. The molecule has 1 unspecified atom stereocenters. The number of amides is 1. The van der Waals surface area contributed by atoms with Crippen LogP contribution in [0.2, 0.25) is 0 Å². The lowest BCUT2D eigenvalue weighted by Crippen LogP contribution is -2.33. The molecular formula is C18H20F2N2O. The molecule has 2 aromatic carbocycles. The normalized spacial score (nSPS) is 12.0. The maximum Gasteiger partial charge on any atom is 0.224 e. The molecule has 0 saturated heterocycles. The van der Waals surface area contributed by atoms with E-state index in [0.717, 1.165) is 5.56 Å². The summed E-state index contributed by atoms with van der Waals surface area (Å²) in [7, 11) is 0. The maximum atomic E-state index is 13.7. The van der Waals surface area contributed by atoms with Crippen LogP contribution in [-0.4, -0.2) is 17.4 Å². The van der Waals surface area contributed by atoms with Gasteiger partial charge in [-0.05, 0) is 24.6 Å². The van der Waals surface area contributed by atoms with Gasteiger partial charge in [0.25, 0.3) is 0 Å². The second kappa shape index (κ2) is 7.83. The zero-order chi connectivity index (χ0) is 16.8. The molecule has 122 valence electrons. The van der Waals surface area contributed by atoms with Gasteiger partial charge in [0.15, 0.2) is 0 Å². The molecule has 0 aliphatic carbocycles. The van der Waals surface area contributed by atoms with Crippen LogP contribution in [-0.2, 0) is 11.3 Å². The first-order valence-corrected chi connectivity index (χ1v) is 7.54. The predicted octanol–water partition coefficient (Wildman–Crippen LogP) is 3.40. The molecule has 0 aromatic heterocycles. The Bertz CT molecular complexity index is 641. The highest BCUT2D eigenvalue weighted by molar-refractivity contribution is 5.77. The smallest absolute Gasteiger partial charge is 0.224 e. The van der Waals surface area contributed by atoms with Crippen molar-refractivity contribution in [2.45, 2.75) is 25.9 Å². The second-order valence-electron chi connectivity index (χ2n) is 5.33. The molecule has 0 heterocycles. The van der Waals surface area contributed by atoms with Crippen LogP contribution in [0.5, 0.6) is 0 Å². The third-order valence-electron chi connectivity index (χ3n) is 3.77. The summed E-state index contributed by atoms with van der Waals surface area (Å²) in [5.74, 6) is -1.53. The van der Waals surface area contributed by atoms with E-state index in [0.29, 0.717) is 6.54 Å². The van der Waals surface area contributed by atoms with Gasteiger partial charge in [-0.2, -0.15) is 0 Å². The fourth-order valence-electron chi connectivity index (χ4n) is 2.39. The Balaban J connectivity index is 2.07. The molecule has 0 spiro atoms. The van der Waals surface area contributed by atoms with E-state index in [1.807, 2.05) is 30.3 Å². The van der Waals surface area contributed by atoms with E-state index in [4.69, 9.17) is 5.73 Å². The summed E-state index contributed by atoms with van der Waals surface area (Å²) in [6.45, 7) is 2.02. The Hall–Kier alpha value is -2.27. The minimum absolute atomic E-state index is 0.0912. The first kappa shape index (κ1) is 17.1. The van der Waals surface area contributed by atoms with Gasteiger partial charge in [0.2, 0.25) is 5.91 Å². The average molecular weight is 318 g/mol. The van der Waals surface area contributed by atoms with Gasteiger partial charge in [-0.3, -0.25) is 4.79 Å². The van der Waals surface area contributed by atoms with Crippen LogP contribution in [0.3, 0.4) is 0 Å². The zero-order valence-corrected chi connectivity index (χ0v) is 13.0. The van der Waals surface area contributed by atoms with E-state index >= 15 is 0 Å². The molecule has 1 amide bonds. The number of carbonyl (C=O) groups excluding carboxylic acids is 1. The van der Waals surface area contributed by atoms with Crippen molar-refractivity contribution in [2.75, 3.05) is 6.54 Å². The number of hydrogen-bond donors (Lipinski definition) is 1. The highest BCUT2D eigenvalue weighted by atomic mass is 19.1. The molecule has 0 fully saturated rings. The lowest BCUT2D eigenvalue weighted by molar-refractivity contribution is -0.132. The van der Waals surface area contributed by atoms with E-state index < -0.39 is 17.7 Å². The number of carbonyl (C=O) groups is 1. The van der Waals surface area contributed by atoms with Crippen molar-refractivity contribution in [1.29, 1.82) is 0 Å². The quantitative estimate of drug-likeness (QED) is 0.887. The van der Waals surface area contributed by atoms with Crippen LogP contribution in [0.4, 0.5) is 8.78 Å². The molecule has 23 heavy (non-hydrogen) atoms. The number of nitrogens with two attached hydrogens (primary N) is 1. The lowest BCUT2D eigenvalue weighted by atomic mass is 10.0. The molecule has 3 nitrogen and oxygen atoms in total. The summed E-state index contributed by atoms with van der Waals surface area (Å²) in [5, 5.41) is 0. The summed E-state index contributed by atoms with van der Waals surface area (Å²) in [6, 6.07) is 12.5. The first-order chi connectivity index (χ1) is 11.0. The minimum Gasteiger partial charge on any atom is -0.338 e. The van der Waals surface area contributed by atoms with Crippen LogP contribution in [0, 0.1) is 11.6 Å². The summed E-state index contributed by atoms with van der Waals surface area (Å²) in [6.07, 6.45) is 0.0912. The van der Waals surface area contributed by atoms with Crippen molar-refractivity contribution in [1.82, 2.24) is 4.90 Å². The van der Waals surface area contributed by atoms with E-state index in [9.17, 15) is 13.6 Å². The monoisotopic (exact) mass is 318 g/mol. The Labute approximate surface area is 134 Å². The molecule has 0 aliphatic heterocycles. The molecule has 5 heteroatoms. The molecule has 0 radical (unpaired) electrons. The number of benzene rings is 2. The first-order valence-electron chi connectivity index (χ1n) is 7.54. The molecule has 2 rings (SSSR count). The van der Waals surface area contributed by atoms with Crippen LogP contribution >= 0.6 is 0 Å². The topological polar surface area (TPSA) is 46.3 Å². The largest absolute Gasteiger partial charge is 0.338 e. The van der Waals surface area contributed by atoms with Crippen molar-refractivity contribution >= 4 is 5.91 Å². The van der Waals surface area contributed by atoms with Crippen molar-refractivity contribution in [3.05, 3.63) is 71.3 Å². The number of nitrogens with zero attached hydrogens (tertiary/aromatic N) is 1. The van der Waals surface area contributed by atoms with Gasteiger partial charge >= 0.3 is 0 Å². The van der Waals surface area contributed by atoms with Gasteiger partial charge in [0.1, 0.15) is 11.6 Å². The summed E-state index contributed by atoms with van der Waals surface area (Å²) >= 11 is 0. The highest BCUT2D eigenvalue weighted by Gasteiger charge is 2.19. The maximum absolute atomic E-state index is 13.7. The molecular weight excluding hydrogens is 298 g/mol. The fraction of sp³-hybridized carbons (Fsp3) is 0.278. The molecule has 2 aromatic rings. The zero-order valence-electron chi connectivity index (χ0n) is 13.0. The highest BCUT2D eigenvalue weighted by Crippen LogP contribution is 2.18. The van der Waals surface area contributed by atoms with E-state index in [-0.39, 0.29) is 24.4 Å². The molecule has 0 saturated carbocycles. The third kappa shape index (κ3) is 4.36. The Morgan fingerprint density at radius 3 is 2.26 bits per heavy atom. The van der Waals surface area contributed by atoms with Gasteiger partial charge in [-0.15, -0.1) is 0 Å². The lowest BCUT2D eigenvalue weighted by Gasteiger charge is -2.23. The summed E-state index contributed by atoms with van der Waals surface area (Å²) < 4.78 is 27.5. The van der Waals surface area contributed by atoms with E-state index in [2.05, 4.69) is 0 Å². The van der Waals surface area contributed by atoms with Crippen molar-refractivity contribution in [2.24, 2.45) is 5.73 Å². The number of halogens is 2. The van der Waals surface area contributed by atoms with Gasteiger partial charge in [-0.1, -0.05) is 36.4 Å². The summed E-state index contributed by atoms with van der Waals surface area (Å²) in [4.78, 5) is 13.8. The van der Waals surface area contributed by atoms with Crippen molar-refractivity contribution in [3.8, 4) is 0 Å². The van der Waals surface area contributed by atoms with Gasteiger partial charge in [0.05, 0.1) is 6.54 Å². The Morgan fingerprint density at radius 2 is 1.70 bits per heavy atom. The standard InChI is InChI=1S/C18H20F2N2O/c1-2-22(12-14-15(19)9-6-10-16(14)20)18(23)11-17(21)13-7-4-3-5-8-13/h3-10,17H,2,11-12,21H2,1H3. The number of hydrogen-bond acceptors (Lipinski definition) is 2. The van der Waals surface area contributed by atoms with E-state index in [1.54, 1.807) is 6.92 Å². The fourth-order valence-corrected chi connectivity index (χ4v) is 2.39. The second-order valence-corrected chi connectivity index (χ2v) is 5.33. The summed E-state index contributed by atoms with van der Waals surface area (Å²) in [5.41, 5.74) is 6.80. The van der Waals surface area contributed by atoms with Gasteiger partial charge in [-0.25, -0.2) is 8.78 Å². The minimum atomic E-state index is -0.649. The molecule has 0 bridgehead atoms. The average Bonchev–Trinajstić information content (AvgIpc) is 2.55. The molecule has 0 aliphatic rings. The van der Waals surface area contributed by atoms with Crippen LogP contribution in [0.15, 0.2) is 48.5 Å². The van der Waals surface area contributed by atoms with Crippen LogP contribution < -0.4 is 5.73 Å². The molecule has 1 atom stereocenters. The van der Waals surface area contributed by atoms with Crippen LogP contribution in [0.1, 0.15) is 30.5 Å². The van der Waals surface area contributed by atoms with Gasteiger partial charge < -0.3 is 10.6 Å². The number of rotatable bonds is 6. The Kier molecular flexibility index (Phi) is 5.82. The molecule has 2 N–H and O–H groups in total. The Morgan fingerprint density at radius 1 is 1.09 bits per heavy atom. The van der Waals surface area contributed by atoms with Gasteiger partial charge in [0, 0.05) is 24.6 Å². The van der Waals surface area contributed by atoms with Crippen LogP contribution in [0.25, 0.3) is 0 Å². The van der Waals surface area contributed by atoms with Crippen molar-refractivity contribution < 1.29 is 13.6 Å².